The maximum Gasteiger partial charge on any atom is 0.333 e. The molecule has 6 heteroatoms. The van der Waals surface area contributed by atoms with Gasteiger partial charge in [0.15, 0.2) is 6.04 Å². The minimum atomic E-state index is -0.959. The molecule has 18 heavy (non-hydrogen) atoms. The van der Waals surface area contributed by atoms with E-state index < -0.39 is 12.0 Å². The quantitative estimate of drug-likeness (QED) is 0.903. The van der Waals surface area contributed by atoms with Crippen LogP contribution >= 0.6 is 22.9 Å². The molecule has 2 N–H and O–H groups in total. The Morgan fingerprint density at radius 3 is 2.61 bits per heavy atom. The number of hydrogen-bond acceptors (Lipinski definition) is 4. The molecule has 0 fully saturated rings. The molecular weight excluding hydrogens is 272 g/mol. The van der Waals surface area contributed by atoms with Crippen LogP contribution in [-0.2, 0) is 4.79 Å². The van der Waals surface area contributed by atoms with Gasteiger partial charge in [-0.1, -0.05) is 11.6 Å². The van der Waals surface area contributed by atoms with Gasteiger partial charge in [0, 0.05) is 21.8 Å². The maximum atomic E-state index is 11.3. The fraction of sp³-hybridized carbons (Fsp3) is 0.167. The summed E-state index contributed by atoms with van der Waals surface area (Å²) in [6.07, 6.45) is 0. The van der Waals surface area contributed by atoms with Crippen LogP contribution in [0.2, 0.25) is 5.02 Å². The monoisotopic (exact) mass is 282 g/mol. The summed E-state index contributed by atoms with van der Waals surface area (Å²) in [6.45, 7) is 1.83. The summed E-state index contributed by atoms with van der Waals surface area (Å²) >= 11 is 7.10. The van der Waals surface area contributed by atoms with Crippen LogP contribution in [0.5, 0.6) is 0 Å². The summed E-state index contributed by atoms with van der Waals surface area (Å²) < 4.78 is 0. The lowest BCUT2D eigenvalue weighted by Crippen LogP contribution is -2.20. The van der Waals surface area contributed by atoms with Gasteiger partial charge in [0.25, 0.3) is 0 Å². The zero-order valence-corrected chi connectivity index (χ0v) is 11.1. The number of rotatable bonds is 4. The second kappa shape index (κ2) is 5.37. The van der Waals surface area contributed by atoms with Gasteiger partial charge >= 0.3 is 5.97 Å². The van der Waals surface area contributed by atoms with Crippen LogP contribution in [0.4, 0.5) is 5.69 Å². The topological polar surface area (TPSA) is 62.2 Å². The van der Waals surface area contributed by atoms with Crippen molar-refractivity contribution in [2.45, 2.75) is 13.0 Å². The van der Waals surface area contributed by atoms with Gasteiger partial charge in [-0.05, 0) is 31.2 Å². The van der Waals surface area contributed by atoms with E-state index in [1.807, 2.05) is 12.3 Å². The Bertz CT molecular complexity index is 553. The minimum absolute atomic E-state index is 0.537. The molecule has 1 heterocycles. The fourth-order valence-corrected chi connectivity index (χ4v) is 2.41. The Morgan fingerprint density at radius 1 is 1.44 bits per heavy atom. The van der Waals surface area contributed by atoms with E-state index in [-0.39, 0.29) is 0 Å². The van der Waals surface area contributed by atoms with Crippen molar-refractivity contribution in [3.05, 3.63) is 45.4 Å². The molecule has 0 aliphatic heterocycles. The predicted molar refractivity (Wildman–Crippen MR) is 72.3 cm³/mol. The molecule has 0 amide bonds. The highest BCUT2D eigenvalue weighted by molar-refractivity contribution is 7.09. The summed E-state index contributed by atoms with van der Waals surface area (Å²) in [5.41, 5.74) is 1.51. The van der Waals surface area contributed by atoms with Gasteiger partial charge in [-0.15, -0.1) is 11.3 Å². The first-order chi connectivity index (χ1) is 8.56. The van der Waals surface area contributed by atoms with Crippen LogP contribution in [0.25, 0.3) is 0 Å². The van der Waals surface area contributed by atoms with Crippen molar-refractivity contribution < 1.29 is 9.90 Å². The third-order valence-electron chi connectivity index (χ3n) is 2.29. The van der Waals surface area contributed by atoms with Gasteiger partial charge in [0.1, 0.15) is 5.01 Å². The van der Waals surface area contributed by atoms with E-state index in [2.05, 4.69) is 10.3 Å². The molecule has 0 spiro atoms. The van der Waals surface area contributed by atoms with Crippen molar-refractivity contribution >= 4 is 34.6 Å². The first-order valence-electron chi connectivity index (χ1n) is 5.23. The summed E-state index contributed by atoms with van der Waals surface area (Å²) in [6, 6.07) is 6.04. The van der Waals surface area contributed by atoms with Crippen LogP contribution in [0.3, 0.4) is 0 Å². The molecular formula is C12H11ClN2O2S. The lowest BCUT2D eigenvalue weighted by atomic mass is 10.2. The van der Waals surface area contributed by atoms with Crippen LogP contribution in [0, 0.1) is 6.92 Å². The van der Waals surface area contributed by atoms with E-state index in [4.69, 9.17) is 11.6 Å². The SMILES string of the molecule is Cc1csc(C(Nc2ccc(Cl)cc2)C(=O)O)n1. The third-order valence-corrected chi connectivity index (χ3v) is 3.57. The largest absolute Gasteiger partial charge is 0.479 e. The molecule has 0 bridgehead atoms. The molecule has 2 rings (SSSR count). The van der Waals surface area contributed by atoms with Crippen molar-refractivity contribution in [2.24, 2.45) is 0 Å². The van der Waals surface area contributed by atoms with E-state index in [9.17, 15) is 9.90 Å². The van der Waals surface area contributed by atoms with E-state index >= 15 is 0 Å². The Kier molecular flexibility index (Phi) is 3.84. The molecule has 4 nitrogen and oxygen atoms in total. The number of carboxylic acid groups (broad SMARTS) is 1. The lowest BCUT2D eigenvalue weighted by Gasteiger charge is -2.13. The molecule has 1 unspecified atom stereocenters. The second-order valence-electron chi connectivity index (χ2n) is 3.75. The number of halogens is 1. The van der Waals surface area contributed by atoms with Gasteiger partial charge in [-0.3, -0.25) is 0 Å². The van der Waals surface area contributed by atoms with E-state index in [0.717, 1.165) is 5.69 Å². The van der Waals surface area contributed by atoms with Crippen LogP contribution in [0.1, 0.15) is 16.7 Å². The number of benzene rings is 1. The van der Waals surface area contributed by atoms with Gasteiger partial charge in [0.05, 0.1) is 0 Å². The second-order valence-corrected chi connectivity index (χ2v) is 5.08. The van der Waals surface area contributed by atoms with Crippen LogP contribution in [0.15, 0.2) is 29.6 Å². The van der Waals surface area contributed by atoms with Crippen molar-refractivity contribution in [2.75, 3.05) is 5.32 Å². The molecule has 0 saturated heterocycles. The number of aryl methyl sites for hydroxylation is 1. The number of thiazole rings is 1. The van der Waals surface area contributed by atoms with Crippen molar-refractivity contribution in [3.8, 4) is 0 Å². The molecule has 0 radical (unpaired) electrons. The van der Waals surface area contributed by atoms with Gasteiger partial charge in [-0.25, -0.2) is 9.78 Å². The van der Waals surface area contributed by atoms with Crippen LogP contribution in [-0.4, -0.2) is 16.1 Å². The molecule has 2 aromatic rings. The molecule has 1 aromatic carbocycles. The van der Waals surface area contributed by atoms with Crippen molar-refractivity contribution in [3.63, 3.8) is 0 Å². The van der Waals surface area contributed by atoms with E-state index in [1.165, 1.54) is 11.3 Å². The van der Waals surface area contributed by atoms with E-state index in [1.54, 1.807) is 24.3 Å². The number of anilines is 1. The number of carboxylic acids is 1. The molecule has 1 atom stereocenters. The smallest absolute Gasteiger partial charge is 0.333 e. The molecule has 94 valence electrons. The maximum absolute atomic E-state index is 11.3. The van der Waals surface area contributed by atoms with Gasteiger partial charge < -0.3 is 10.4 Å². The average molecular weight is 283 g/mol. The highest BCUT2D eigenvalue weighted by Gasteiger charge is 2.22. The number of nitrogens with zero attached hydrogens (tertiary/aromatic N) is 1. The highest BCUT2D eigenvalue weighted by atomic mass is 35.5. The molecule has 0 aliphatic rings. The summed E-state index contributed by atoms with van der Waals surface area (Å²) in [7, 11) is 0. The predicted octanol–water partition coefficient (Wildman–Crippen LogP) is 3.34. The van der Waals surface area contributed by atoms with Gasteiger partial charge in [-0.2, -0.15) is 0 Å². The highest BCUT2D eigenvalue weighted by Crippen LogP contribution is 2.24. The normalized spacial score (nSPS) is 12.1. The zero-order chi connectivity index (χ0) is 13.1. The number of aliphatic carboxylic acids is 1. The number of aromatic nitrogens is 1. The Labute approximate surface area is 113 Å². The number of hydrogen-bond donors (Lipinski definition) is 2. The summed E-state index contributed by atoms with van der Waals surface area (Å²) in [5.74, 6) is -0.959. The number of nitrogens with one attached hydrogen (secondary N) is 1. The standard InChI is InChI=1S/C12H11ClN2O2S/c1-7-6-18-11(14-7)10(12(16)17)15-9-4-2-8(13)3-5-9/h2-6,10,15H,1H3,(H,16,17). The lowest BCUT2D eigenvalue weighted by molar-refractivity contribution is -0.138. The van der Waals surface area contributed by atoms with Crippen molar-refractivity contribution in [1.29, 1.82) is 0 Å². The third kappa shape index (κ3) is 3.00. The Morgan fingerprint density at radius 2 is 2.11 bits per heavy atom. The Hall–Kier alpha value is -1.59. The van der Waals surface area contributed by atoms with E-state index in [0.29, 0.717) is 15.7 Å². The molecule has 1 aromatic heterocycles. The molecule has 0 aliphatic carbocycles. The zero-order valence-electron chi connectivity index (χ0n) is 9.55. The number of carbonyl (C=O) groups is 1. The fourth-order valence-electron chi connectivity index (χ4n) is 1.45. The first kappa shape index (κ1) is 12.9. The van der Waals surface area contributed by atoms with Crippen molar-refractivity contribution in [1.82, 2.24) is 4.98 Å². The first-order valence-corrected chi connectivity index (χ1v) is 6.49. The van der Waals surface area contributed by atoms with Crippen LogP contribution < -0.4 is 5.32 Å². The summed E-state index contributed by atoms with van der Waals surface area (Å²) in [4.78, 5) is 15.5. The molecule has 0 saturated carbocycles. The summed E-state index contributed by atoms with van der Waals surface area (Å²) in [5, 5.41) is 15.1. The average Bonchev–Trinajstić information content (AvgIpc) is 2.74. The van der Waals surface area contributed by atoms with Gasteiger partial charge in [0.2, 0.25) is 0 Å². The minimum Gasteiger partial charge on any atom is -0.479 e. The Balaban J connectivity index is 2.22.